The molecular formula is C20H21ClN4O2S. The number of benzene rings is 2. The van der Waals surface area contributed by atoms with Crippen LogP contribution in [0.4, 0.5) is 0 Å². The first-order chi connectivity index (χ1) is 13.6. The standard InChI is InChI=1S/C20H21ClN4O2S/c1-2-25-18(23-24-20(25)28)10-11-22-19(26)13-27-17-9-8-15(12-16(17)21)14-6-4-3-5-7-14/h3-9,12H,2,10-11,13H2,1H3,(H,22,26)(H,24,28). The van der Waals surface area contributed by atoms with Gasteiger partial charge in [-0.05, 0) is 42.4 Å². The summed E-state index contributed by atoms with van der Waals surface area (Å²) in [6, 6.07) is 15.4. The number of carbonyl (C=O) groups is 1. The summed E-state index contributed by atoms with van der Waals surface area (Å²) >= 11 is 11.4. The number of nitrogens with one attached hydrogen (secondary N) is 2. The van der Waals surface area contributed by atoms with Crippen LogP contribution < -0.4 is 10.1 Å². The van der Waals surface area contributed by atoms with Crippen molar-refractivity contribution in [3.63, 3.8) is 0 Å². The van der Waals surface area contributed by atoms with Gasteiger partial charge in [0.25, 0.3) is 5.91 Å². The van der Waals surface area contributed by atoms with E-state index in [1.165, 1.54) is 0 Å². The van der Waals surface area contributed by atoms with Crippen molar-refractivity contribution in [1.29, 1.82) is 0 Å². The molecule has 0 fully saturated rings. The topological polar surface area (TPSA) is 71.9 Å². The smallest absolute Gasteiger partial charge is 0.257 e. The highest BCUT2D eigenvalue weighted by atomic mass is 35.5. The Morgan fingerprint density at radius 1 is 1.25 bits per heavy atom. The van der Waals surface area contributed by atoms with Gasteiger partial charge in [0, 0.05) is 19.5 Å². The van der Waals surface area contributed by atoms with Crippen LogP contribution in [0.5, 0.6) is 5.75 Å². The Bertz CT molecular complexity index is 1000. The monoisotopic (exact) mass is 416 g/mol. The Kier molecular flexibility index (Phi) is 6.84. The molecular weight excluding hydrogens is 396 g/mol. The molecule has 0 bridgehead atoms. The van der Waals surface area contributed by atoms with E-state index in [0.29, 0.717) is 28.5 Å². The molecule has 2 N–H and O–H groups in total. The molecule has 1 amide bonds. The fourth-order valence-electron chi connectivity index (χ4n) is 2.80. The second-order valence-electron chi connectivity index (χ2n) is 6.09. The molecule has 28 heavy (non-hydrogen) atoms. The van der Waals surface area contributed by atoms with Crippen LogP contribution in [-0.2, 0) is 17.8 Å². The minimum Gasteiger partial charge on any atom is -0.482 e. The molecule has 1 aromatic heterocycles. The highest BCUT2D eigenvalue weighted by molar-refractivity contribution is 7.71. The van der Waals surface area contributed by atoms with Crippen molar-refractivity contribution in [2.24, 2.45) is 0 Å². The summed E-state index contributed by atoms with van der Waals surface area (Å²) in [5.74, 6) is 1.07. The first-order valence-corrected chi connectivity index (χ1v) is 9.75. The maximum absolute atomic E-state index is 12.0. The maximum Gasteiger partial charge on any atom is 0.257 e. The minimum absolute atomic E-state index is 0.106. The van der Waals surface area contributed by atoms with Gasteiger partial charge in [-0.2, -0.15) is 5.10 Å². The Morgan fingerprint density at radius 3 is 2.75 bits per heavy atom. The van der Waals surface area contributed by atoms with E-state index in [1.54, 1.807) is 6.07 Å². The fraction of sp³-hybridized carbons (Fsp3) is 0.250. The lowest BCUT2D eigenvalue weighted by atomic mass is 10.1. The molecule has 3 rings (SSSR count). The second-order valence-corrected chi connectivity index (χ2v) is 6.88. The number of ether oxygens (including phenoxy) is 1. The second kappa shape index (κ2) is 9.52. The summed E-state index contributed by atoms with van der Waals surface area (Å²) in [5.41, 5.74) is 2.06. The van der Waals surface area contributed by atoms with Gasteiger partial charge in [0.2, 0.25) is 0 Å². The Hall–Kier alpha value is -2.64. The van der Waals surface area contributed by atoms with Crippen LogP contribution in [0.15, 0.2) is 48.5 Å². The lowest BCUT2D eigenvalue weighted by Crippen LogP contribution is -2.31. The van der Waals surface area contributed by atoms with Crippen molar-refractivity contribution in [2.75, 3.05) is 13.2 Å². The number of aromatic nitrogens is 3. The predicted octanol–water partition coefficient (Wildman–Crippen LogP) is 4.02. The number of hydrogen-bond donors (Lipinski definition) is 2. The Morgan fingerprint density at radius 2 is 2.04 bits per heavy atom. The lowest BCUT2D eigenvalue weighted by Gasteiger charge is -2.10. The van der Waals surface area contributed by atoms with Crippen LogP contribution in [0.25, 0.3) is 11.1 Å². The molecule has 0 aliphatic heterocycles. The Balaban J connectivity index is 1.50. The summed E-state index contributed by atoms with van der Waals surface area (Å²) < 4.78 is 8.03. The van der Waals surface area contributed by atoms with Crippen molar-refractivity contribution < 1.29 is 9.53 Å². The largest absolute Gasteiger partial charge is 0.482 e. The average molecular weight is 417 g/mol. The summed E-state index contributed by atoms with van der Waals surface area (Å²) in [6.45, 7) is 3.07. The average Bonchev–Trinajstić information content (AvgIpc) is 3.07. The molecule has 0 spiro atoms. The van der Waals surface area contributed by atoms with E-state index in [4.69, 9.17) is 28.6 Å². The van der Waals surface area contributed by atoms with E-state index in [1.807, 2.05) is 54.0 Å². The normalized spacial score (nSPS) is 10.6. The predicted molar refractivity (Wildman–Crippen MR) is 112 cm³/mol. The molecule has 3 aromatic rings. The van der Waals surface area contributed by atoms with Gasteiger partial charge in [0.1, 0.15) is 11.6 Å². The first kappa shape index (κ1) is 20.1. The number of H-pyrrole nitrogens is 1. The van der Waals surface area contributed by atoms with Crippen LogP contribution in [-0.4, -0.2) is 33.8 Å². The van der Waals surface area contributed by atoms with Crippen LogP contribution in [0.2, 0.25) is 5.02 Å². The third-order valence-corrected chi connectivity index (χ3v) is 4.83. The van der Waals surface area contributed by atoms with Crippen LogP contribution in [0, 0.1) is 4.77 Å². The molecule has 6 nitrogen and oxygen atoms in total. The molecule has 0 saturated heterocycles. The van der Waals surface area contributed by atoms with Gasteiger partial charge in [0.05, 0.1) is 5.02 Å². The summed E-state index contributed by atoms with van der Waals surface area (Å²) in [4.78, 5) is 12.0. The molecule has 2 aromatic carbocycles. The number of halogens is 1. The van der Waals surface area contributed by atoms with Crippen LogP contribution in [0.3, 0.4) is 0 Å². The van der Waals surface area contributed by atoms with Crippen molar-refractivity contribution in [1.82, 2.24) is 20.1 Å². The van der Waals surface area contributed by atoms with E-state index in [9.17, 15) is 4.79 Å². The van der Waals surface area contributed by atoms with Crippen LogP contribution >= 0.6 is 23.8 Å². The van der Waals surface area contributed by atoms with Crippen molar-refractivity contribution in [2.45, 2.75) is 19.9 Å². The van der Waals surface area contributed by atoms with Gasteiger partial charge in [-0.1, -0.05) is 48.0 Å². The lowest BCUT2D eigenvalue weighted by molar-refractivity contribution is -0.123. The van der Waals surface area contributed by atoms with E-state index in [2.05, 4.69) is 15.5 Å². The third kappa shape index (κ3) is 4.99. The molecule has 1 heterocycles. The van der Waals surface area contributed by atoms with Gasteiger partial charge in [-0.25, -0.2) is 0 Å². The maximum atomic E-state index is 12.0. The molecule has 0 atom stereocenters. The van der Waals surface area contributed by atoms with Crippen LogP contribution in [0.1, 0.15) is 12.7 Å². The van der Waals surface area contributed by atoms with Gasteiger partial charge in [-0.15, -0.1) is 0 Å². The third-order valence-electron chi connectivity index (χ3n) is 4.22. The van der Waals surface area contributed by atoms with Crippen molar-refractivity contribution >= 4 is 29.7 Å². The molecule has 0 saturated carbocycles. The van der Waals surface area contributed by atoms with E-state index >= 15 is 0 Å². The van der Waals surface area contributed by atoms with E-state index in [0.717, 1.165) is 23.5 Å². The minimum atomic E-state index is -0.222. The van der Waals surface area contributed by atoms with Gasteiger partial charge in [0.15, 0.2) is 11.4 Å². The highest BCUT2D eigenvalue weighted by Crippen LogP contribution is 2.30. The first-order valence-electron chi connectivity index (χ1n) is 8.97. The Labute approximate surface area is 173 Å². The summed E-state index contributed by atoms with van der Waals surface area (Å²) in [6.07, 6.45) is 0.583. The number of carbonyl (C=O) groups excluding carboxylic acids is 1. The zero-order chi connectivity index (χ0) is 19.9. The zero-order valence-corrected chi connectivity index (χ0v) is 17.0. The zero-order valence-electron chi connectivity index (χ0n) is 15.4. The molecule has 0 aliphatic carbocycles. The fourth-order valence-corrected chi connectivity index (χ4v) is 3.32. The molecule has 146 valence electrons. The number of nitrogens with zero attached hydrogens (tertiary/aromatic N) is 2. The highest BCUT2D eigenvalue weighted by Gasteiger charge is 2.09. The number of aromatic amines is 1. The van der Waals surface area contributed by atoms with E-state index in [-0.39, 0.29) is 12.5 Å². The molecule has 0 unspecified atom stereocenters. The number of hydrogen-bond acceptors (Lipinski definition) is 4. The van der Waals surface area contributed by atoms with Crippen molar-refractivity contribution in [3.05, 3.63) is 64.1 Å². The quantitative estimate of drug-likeness (QED) is 0.544. The molecule has 0 aliphatic rings. The summed E-state index contributed by atoms with van der Waals surface area (Å²) in [7, 11) is 0. The van der Waals surface area contributed by atoms with Gasteiger partial charge >= 0.3 is 0 Å². The van der Waals surface area contributed by atoms with Gasteiger partial charge in [-0.3, -0.25) is 9.89 Å². The number of rotatable bonds is 8. The summed E-state index contributed by atoms with van der Waals surface area (Å²) in [5, 5.41) is 10.2. The van der Waals surface area contributed by atoms with E-state index < -0.39 is 0 Å². The number of amides is 1. The van der Waals surface area contributed by atoms with Crippen molar-refractivity contribution in [3.8, 4) is 16.9 Å². The van der Waals surface area contributed by atoms with Gasteiger partial charge < -0.3 is 14.6 Å². The molecule has 0 radical (unpaired) electrons. The molecule has 8 heteroatoms. The SMILES string of the molecule is CCn1c(CCNC(=O)COc2ccc(-c3ccccc3)cc2Cl)n[nH]c1=S.